The highest BCUT2D eigenvalue weighted by atomic mass is 16.4. The lowest BCUT2D eigenvalue weighted by atomic mass is 9.84. The van der Waals surface area contributed by atoms with Crippen LogP contribution in [-0.2, 0) is 11.2 Å². The zero-order chi connectivity index (χ0) is 23.4. The predicted octanol–water partition coefficient (Wildman–Crippen LogP) is 6.51. The van der Waals surface area contributed by atoms with Crippen LogP contribution >= 0.6 is 0 Å². The van der Waals surface area contributed by atoms with E-state index in [-0.39, 0.29) is 23.3 Å². The third-order valence-electron chi connectivity index (χ3n) is 6.01. The third-order valence-corrected chi connectivity index (χ3v) is 6.01. The second-order valence-electron chi connectivity index (χ2n) is 8.58. The summed E-state index contributed by atoms with van der Waals surface area (Å²) in [6, 6.07) is 28.8. The minimum atomic E-state index is -0.956. The fourth-order valence-corrected chi connectivity index (χ4v) is 4.42. The Morgan fingerprint density at radius 2 is 1.42 bits per heavy atom. The summed E-state index contributed by atoms with van der Waals surface area (Å²) < 4.78 is 0. The smallest absolute Gasteiger partial charge is 0.335 e. The molecule has 4 aromatic carbocycles. The fraction of sp³-hybridized carbons (Fsp3) is 0.172. The Kier molecular flexibility index (Phi) is 6.55. The van der Waals surface area contributed by atoms with Crippen LogP contribution in [0.3, 0.4) is 0 Å². The van der Waals surface area contributed by atoms with Crippen molar-refractivity contribution >= 4 is 28.3 Å². The highest BCUT2D eigenvalue weighted by Crippen LogP contribution is 2.32. The van der Waals surface area contributed by atoms with Gasteiger partial charge >= 0.3 is 5.97 Å². The SMILES string of the molecule is CC(C)C(C(=O)Nc1ccccc1Cc1ccccc1C(=O)O)c1cccc2ccccc12. The van der Waals surface area contributed by atoms with Crippen LogP contribution in [0.4, 0.5) is 5.69 Å². The molecular formula is C29H27NO3. The zero-order valence-electron chi connectivity index (χ0n) is 18.8. The van der Waals surface area contributed by atoms with Gasteiger partial charge in [0.1, 0.15) is 0 Å². The maximum absolute atomic E-state index is 13.6. The lowest BCUT2D eigenvalue weighted by Crippen LogP contribution is -2.26. The van der Waals surface area contributed by atoms with Crippen LogP contribution in [0.2, 0.25) is 0 Å². The van der Waals surface area contributed by atoms with Gasteiger partial charge in [0.25, 0.3) is 0 Å². The minimum Gasteiger partial charge on any atom is -0.478 e. The number of amides is 1. The highest BCUT2D eigenvalue weighted by Gasteiger charge is 2.26. The van der Waals surface area contributed by atoms with Crippen LogP contribution in [-0.4, -0.2) is 17.0 Å². The molecule has 0 saturated carbocycles. The quantitative estimate of drug-likeness (QED) is 0.346. The van der Waals surface area contributed by atoms with Gasteiger partial charge in [0.15, 0.2) is 0 Å². The lowest BCUT2D eigenvalue weighted by molar-refractivity contribution is -0.118. The molecule has 0 saturated heterocycles. The average Bonchev–Trinajstić information content (AvgIpc) is 2.80. The van der Waals surface area contributed by atoms with E-state index in [1.165, 1.54) is 0 Å². The van der Waals surface area contributed by atoms with Crippen molar-refractivity contribution in [2.75, 3.05) is 5.32 Å². The summed E-state index contributed by atoms with van der Waals surface area (Å²) in [5.74, 6) is -1.26. The Bertz CT molecular complexity index is 1300. The summed E-state index contributed by atoms with van der Waals surface area (Å²) >= 11 is 0. The molecule has 4 nitrogen and oxygen atoms in total. The Balaban J connectivity index is 1.66. The van der Waals surface area contributed by atoms with E-state index >= 15 is 0 Å². The van der Waals surface area contributed by atoms with E-state index in [1.807, 2.05) is 60.7 Å². The maximum atomic E-state index is 13.6. The van der Waals surface area contributed by atoms with Crippen LogP contribution in [0.25, 0.3) is 10.8 Å². The molecule has 0 fully saturated rings. The highest BCUT2D eigenvalue weighted by molar-refractivity contribution is 6.00. The van der Waals surface area contributed by atoms with E-state index in [0.717, 1.165) is 21.9 Å². The first kappa shape index (κ1) is 22.3. The topological polar surface area (TPSA) is 66.4 Å². The summed E-state index contributed by atoms with van der Waals surface area (Å²) in [6.45, 7) is 4.11. The number of anilines is 1. The van der Waals surface area contributed by atoms with E-state index < -0.39 is 5.97 Å². The first-order valence-electron chi connectivity index (χ1n) is 11.1. The number of aromatic carboxylic acids is 1. The van der Waals surface area contributed by atoms with E-state index in [4.69, 9.17) is 0 Å². The van der Waals surface area contributed by atoms with Gasteiger partial charge in [-0.1, -0.05) is 92.7 Å². The monoisotopic (exact) mass is 437 g/mol. The first-order valence-corrected chi connectivity index (χ1v) is 11.1. The number of carboxylic acid groups (broad SMARTS) is 1. The third kappa shape index (κ3) is 4.80. The number of carbonyl (C=O) groups excluding carboxylic acids is 1. The molecule has 0 bridgehead atoms. The van der Waals surface area contributed by atoms with Gasteiger partial charge in [-0.2, -0.15) is 0 Å². The summed E-state index contributed by atoms with van der Waals surface area (Å²) in [7, 11) is 0. The number of nitrogens with one attached hydrogen (secondary N) is 1. The molecule has 1 unspecified atom stereocenters. The van der Waals surface area contributed by atoms with Crippen molar-refractivity contribution in [1.29, 1.82) is 0 Å². The minimum absolute atomic E-state index is 0.0691. The van der Waals surface area contributed by atoms with Gasteiger partial charge in [-0.25, -0.2) is 4.79 Å². The molecule has 0 radical (unpaired) electrons. The molecule has 166 valence electrons. The van der Waals surface area contributed by atoms with Gasteiger partial charge in [0, 0.05) is 12.1 Å². The number of hydrogen-bond donors (Lipinski definition) is 2. The van der Waals surface area contributed by atoms with Crippen molar-refractivity contribution < 1.29 is 14.7 Å². The van der Waals surface area contributed by atoms with Gasteiger partial charge in [-0.15, -0.1) is 0 Å². The fourth-order valence-electron chi connectivity index (χ4n) is 4.42. The van der Waals surface area contributed by atoms with Crippen molar-refractivity contribution in [2.24, 2.45) is 5.92 Å². The molecule has 33 heavy (non-hydrogen) atoms. The lowest BCUT2D eigenvalue weighted by Gasteiger charge is -2.23. The van der Waals surface area contributed by atoms with Crippen LogP contribution < -0.4 is 5.32 Å². The molecule has 0 aliphatic rings. The first-order chi connectivity index (χ1) is 16.0. The maximum Gasteiger partial charge on any atom is 0.335 e. The number of hydrogen-bond acceptors (Lipinski definition) is 2. The van der Waals surface area contributed by atoms with Gasteiger partial charge < -0.3 is 10.4 Å². The molecule has 4 rings (SSSR count). The standard InChI is InChI=1S/C29H27NO3/c1-19(2)27(25-16-9-13-20-10-3-6-14-23(20)25)28(31)30-26-17-8-5-12-22(26)18-21-11-4-7-15-24(21)29(32)33/h3-17,19,27H,18H2,1-2H3,(H,30,31)(H,32,33). The summed E-state index contributed by atoms with van der Waals surface area (Å²) in [5.41, 5.74) is 3.57. The number of benzene rings is 4. The summed E-state index contributed by atoms with van der Waals surface area (Å²) in [6.07, 6.45) is 0.416. The van der Waals surface area contributed by atoms with E-state index in [2.05, 4.69) is 37.4 Å². The van der Waals surface area contributed by atoms with E-state index in [1.54, 1.807) is 12.1 Å². The Morgan fingerprint density at radius 3 is 2.18 bits per heavy atom. The Hall–Kier alpha value is -3.92. The number of para-hydroxylation sites is 1. The van der Waals surface area contributed by atoms with Crippen LogP contribution in [0, 0.1) is 5.92 Å². The van der Waals surface area contributed by atoms with Crippen molar-refractivity contribution in [1.82, 2.24) is 0 Å². The van der Waals surface area contributed by atoms with Crippen LogP contribution in [0.5, 0.6) is 0 Å². The van der Waals surface area contributed by atoms with Crippen molar-refractivity contribution in [3.8, 4) is 0 Å². The number of carbonyl (C=O) groups is 2. The summed E-state index contributed by atoms with van der Waals surface area (Å²) in [5, 5.41) is 14.9. The summed E-state index contributed by atoms with van der Waals surface area (Å²) in [4.78, 5) is 25.2. The number of fused-ring (bicyclic) bond motifs is 1. The zero-order valence-corrected chi connectivity index (χ0v) is 18.8. The van der Waals surface area contributed by atoms with Crippen molar-refractivity contribution in [2.45, 2.75) is 26.2 Å². The van der Waals surface area contributed by atoms with Gasteiger partial charge in [0.05, 0.1) is 11.5 Å². The van der Waals surface area contributed by atoms with Crippen LogP contribution in [0.1, 0.15) is 46.8 Å². The molecule has 0 spiro atoms. The molecule has 0 aliphatic carbocycles. The van der Waals surface area contributed by atoms with Gasteiger partial charge in [-0.3, -0.25) is 4.79 Å². The second-order valence-corrected chi connectivity index (χ2v) is 8.58. The molecule has 1 amide bonds. The van der Waals surface area contributed by atoms with Crippen molar-refractivity contribution in [3.05, 3.63) is 113 Å². The molecule has 0 aliphatic heterocycles. The molecule has 4 heteroatoms. The molecule has 4 aromatic rings. The largest absolute Gasteiger partial charge is 0.478 e. The van der Waals surface area contributed by atoms with E-state index in [9.17, 15) is 14.7 Å². The molecule has 2 N–H and O–H groups in total. The normalized spacial score (nSPS) is 12.0. The van der Waals surface area contributed by atoms with Gasteiger partial charge in [0.2, 0.25) is 5.91 Å². The van der Waals surface area contributed by atoms with Gasteiger partial charge in [-0.05, 0) is 45.5 Å². The number of carboxylic acids is 1. The molecule has 1 atom stereocenters. The van der Waals surface area contributed by atoms with Crippen LogP contribution in [0.15, 0.2) is 91.0 Å². The molecule has 0 heterocycles. The van der Waals surface area contributed by atoms with Crippen molar-refractivity contribution in [3.63, 3.8) is 0 Å². The van der Waals surface area contributed by atoms with E-state index in [0.29, 0.717) is 17.7 Å². The molecular weight excluding hydrogens is 410 g/mol. The Labute approximate surface area is 193 Å². The second kappa shape index (κ2) is 9.70. The predicted molar refractivity (Wildman–Crippen MR) is 133 cm³/mol. The Morgan fingerprint density at radius 1 is 0.788 bits per heavy atom. The number of rotatable bonds is 7. The average molecular weight is 438 g/mol. The molecule has 0 aromatic heterocycles.